The summed E-state index contributed by atoms with van der Waals surface area (Å²) in [6.07, 6.45) is 0.392. The number of nitrogens with zero attached hydrogens (tertiary/aromatic N) is 3. The van der Waals surface area contributed by atoms with Crippen LogP contribution < -0.4 is 10.6 Å². The largest absolute Gasteiger partial charge is 0.405 e. The van der Waals surface area contributed by atoms with Crippen LogP contribution in [0.5, 0.6) is 0 Å². The van der Waals surface area contributed by atoms with Gasteiger partial charge < -0.3 is 15.5 Å². The van der Waals surface area contributed by atoms with Crippen molar-refractivity contribution in [2.45, 2.75) is 75.9 Å². The van der Waals surface area contributed by atoms with Crippen molar-refractivity contribution in [1.29, 1.82) is 0 Å². The second kappa shape index (κ2) is 12.4. The molecule has 1 heterocycles. The van der Waals surface area contributed by atoms with Crippen molar-refractivity contribution < 1.29 is 31.9 Å². The molecule has 8 nitrogen and oxygen atoms in total. The van der Waals surface area contributed by atoms with Crippen molar-refractivity contribution in [1.82, 2.24) is 20.0 Å². The van der Waals surface area contributed by atoms with E-state index in [9.17, 15) is 27.6 Å². The molecule has 0 saturated heterocycles. The van der Waals surface area contributed by atoms with Crippen LogP contribution in [-0.2, 0) is 9.59 Å². The normalized spacial score (nSPS) is 17.0. The number of halogens is 4. The first-order chi connectivity index (χ1) is 20.0. The standard InChI is InChI=1S/C28H32B3F4N5O3/c1-14(2)40-21(10-11-36-40)24(41)38-23(22(16-4-5-16)17-6-7-17)25(42)37-20-9-8-18(12-19(20)32)15(3)26(43)39(28(29,30)31)13-27(33,34)35/h8-12,14-17,22-23H,4-7,13H2,1-3H3,(H,37,42)(H,38,41). The van der Waals surface area contributed by atoms with Gasteiger partial charge in [-0.3, -0.25) is 19.1 Å². The number of alkyl halides is 3. The summed E-state index contributed by atoms with van der Waals surface area (Å²) in [5.74, 6) is -4.06. The molecule has 2 aliphatic rings. The van der Waals surface area contributed by atoms with Gasteiger partial charge in [0.2, 0.25) is 11.8 Å². The van der Waals surface area contributed by atoms with Crippen LogP contribution in [0.3, 0.4) is 0 Å². The predicted octanol–water partition coefficient (Wildman–Crippen LogP) is 3.39. The molecule has 15 heteroatoms. The maximum Gasteiger partial charge on any atom is 0.405 e. The summed E-state index contributed by atoms with van der Waals surface area (Å²) in [6.45, 7) is 3.20. The second-order valence-electron chi connectivity index (χ2n) is 11.8. The molecule has 3 amide bonds. The number of carbonyl (C=O) groups is 3. The highest BCUT2D eigenvalue weighted by molar-refractivity contribution is 6.59. The third kappa shape index (κ3) is 8.03. The second-order valence-corrected chi connectivity index (χ2v) is 11.8. The number of aromatic nitrogens is 2. The Morgan fingerprint density at radius 2 is 1.65 bits per heavy atom. The highest BCUT2D eigenvalue weighted by Crippen LogP contribution is 2.51. The van der Waals surface area contributed by atoms with E-state index in [1.165, 1.54) is 25.3 Å². The Kier molecular flexibility index (Phi) is 9.42. The first kappa shape index (κ1) is 32.7. The molecule has 43 heavy (non-hydrogen) atoms. The maximum atomic E-state index is 15.3. The van der Waals surface area contributed by atoms with Crippen LogP contribution >= 0.6 is 0 Å². The van der Waals surface area contributed by atoms with E-state index in [0.717, 1.165) is 31.7 Å². The zero-order valence-electron chi connectivity index (χ0n) is 24.2. The number of hydrogen-bond acceptors (Lipinski definition) is 4. The maximum absolute atomic E-state index is 15.3. The van der Waals surface area contributed by atoms with E-state index in [1.54, 1.807) is 10.7 Å². The van der Waals surface area contributed by atoms with Crippen molar-refractivity contribution in [3.63, 3.8) is 0 Å². The number of amides is 3. The summed E-state index contributed by atoms with van der Waals surface area (Å²) in [5.41, 5.74) is 0.0871. The molecule has 4 rings (SSSR count). The fourth-order valence-corrected chi connectivity index (χ4v) is 5.42. The molecule has 2 atom stereocenters. The quantitative estimate of drug-likeness (QED) is 0.291. The molecular weight excluding hydrogens is 563 g/mol. The molecule has 1 aromatic carbocycles. The minimum absolute atomic E-state index is 0.0116. The van der Waals surface area contributed by atoms with E-state index in [-0.39, 0.29) is 39.9 Å². The van der Waals surface area contributed by atoms with Gasteiger partial charge in [0.15, 0.2) is 0 Å². The van der Waals surface area contributed by atoms with Crippen LogP contribution in [0.4, 0.5) is 23.2 Å². The summed E-state index contributed by atoms with van der Waals surface area (Å²) < 4.78 is 56.0. The molecular formula is C28H32B3F4N5O3. The zero-order chi connectivity index (χ0) is 31.9. The number of carbonyl (C=O) groups excluding carboxylic acids is 3. The van der Waals surface area contributed by atoms with Gasteiger partial charge in [0, 0.05) is 12.2 Å². The molecule has 2 N–H and O–H groups in total. The lowest BCUT2D eigenvalue weighted by molar-refractivity contribution is -0.162. The molecule has 2 fully saturated rings. The summed E-state index contributed by atoms with van der Waals surface area (Å²) in [4.78, 5) is 39.9. The van der Waals surface area contributed by atoms with Gasteiger partial charge in [0.1, 0.15) is 24.1 Å². The highest BCUT2D eigenvalue weighted by atomic mass is 19.4. The van der Waals surface area contributed by atoms with Gasteiger partial charge in [0.05, 0.1) is 35.1 Å². The van der Waals surface area contributed by atoms with Crippen LogP contribution in [0.15, 0.2) is 30.5 Å². The van der Waals surface area contributed by atoms with Gasteiger partial charge in [0.25, 0.3) is 5.91 Å². The van der Waals surface area contributed by atoms with Gasteiger partial charge in [-0.15, -0.1) is 0 Å². The fraction of sp³-hybridized carbons (Fsp3) is 0.571. The number of benzene rings is 1. The number of hydrogen-bond donors (Lipinski definition) is 2. The molecule has 0 bridgehead atoms. The molecule has 2 aromatic rings. The molecule has 6 radical (unpaired) electrons. The minimum Gasteiger partial charge on any atom is -0.353 e. The van der Waals surface area contributed by atoms with Crippen LogP contribution in [-0.4, -0.2) is 79.9 Å². The summed E-state index contributed by atoms with van der Waals surface area (Å²) >= 11 is 0. The zero-order valence-corrected chi connectivity index (χ0v) is 24.2. The Morgan fingerprint density at radius 3 is 2.14 bits per heavy atom. The molecule has 2 aliphatic carbocycles. The summed E-state index contributed by atoms with van der Waals surface area (Å²) in [5, 5.41) is 7.01. The third-order valence-corrected chi connectivity index (χ3v) is 7.87. The molecule has 2 unspecified atom stereocenters. The van der Waals surface area contributed by atoms with Crippen LogP contribution in [0.2, 0.25) is 0 Å². The average molecular weight is 595 g/mol. The number of rotatable bonds is 12. The Labute approximate surface area is 251 Å². The van der Waals surface area contributed by atoms with Crippen molar-refractivity contribution in [2.24, 2.45) is 17.8 Å². The van der Waals surface area contributed by atoms with Gasteiger partial charge in [-0.05, 0) is 88.0 Å². The third-order valence-electron chi connectivity index (χ3n) is 7.87. The monoisotopic (exact) mass is 595 g/mol. The highest BCUT2D eigenvalue weighted by Gasteiger charge is 2.48. The van der Waals surface area contributed by atoms with E-state index in [2.05, 4.69) is 15.7 Å². The first-order valence-corrected chi connectivity index (χ1v) is 14.2. The molecule has 224 valence electrons. The van der Waals surface area contributed by atoms with E-state index in [0.29, 0.717) is 5.69 Å². The van der Waals surface area contributed by atoms with E-state index < -0.39 is 53.5 Å². The first-order valence-electron chi connectivity index (χ1n) is 14.2. The predicted molar refractivity (Wildman–Crippen MR) is 154 cm³/mol. The van der Waals surface area contributed by atoms with Gasteiger partial charge >= 0.3 is 6.18 Å². The molecule has 1 aromatic heterocycles. The van der Waals surface area contributed by atoms with Gasteiger partial charge in [-0.1, -0.05) is 11.3 Å². The van der Waals surface area contributed by atoms with Crippen LogP contribution in [0.1, 0.15) is 74.5 Å². The number of anilines is 1. The van der Waals surface area contributed by atoms with Crippen molar-refractivity contribution in [3.8, 4) is 0 Å². The fourth-order valence-electron chi connectivity index (χ4n) is 5.42. The van der Waals surface area contributed by atoms with E-state index >= 15 is 4.39 Å². The molecule has 2 saturated carbocycles. The minimum atomic E-state index is -4.84. The van der Waals surface area contributed by atoms with Crippen molar-refractivity contribution in [3.05, 3.63) is 47.5 Å². The Bertz CT molecular complexity index is 1340. The van der Waals surface area contributed by atoms with Crippen molar-refractivity contribution in [2.75, 3.05) is 11.9 Å². The Balaban J connectivity index is 1.54. The molecule has 0 aliphatic heterocycles. The van der Waals surface area contributed by atoms with Gasteiger partial charge in [-0.2, -0.15) is 18.3 Å². The van der Waals surface area contributed by atoms with Crippen LogP contribution in [0, 0.1) is 23.6 Å². The Morgan fingerprint density at radius 1 is 1.05 bits per heavy atom. The average Bonchev–Trinajstić information content (AvgIpc) is 3.85. The molecule has 0 spiro atoms. The summed E-state index contributed by atoms with van der Waals surface area (Å²) in [6, 6.07) is 3.97. The lowest BCUT2D eigenvalue weighted by atomic mass is 9.48. The van der Waals surface area contributed by atoms with Crippen molar-refractivity contribution >= 4 is 46.9 Å². The number of nitrogens with one attached hydrogen (secondary N) is 2. The topological polar surface area (TPSA) is 96.3 Å². The SMILES string of the molecule is [B]C([B])([B])N(CC(F)(F)F)C(=O)C(C)c1ccc(NC(=O)C(NC(=O)c2ccnn2C(C)C)C(C2CC2)C2CC2)c(F)c1. The van der Waals surface area contributed by atoms with Gasteiger partial charge in [-0.25, -0.2) is 4.39 Å². The summed E-state index contributed by atoms with van der Waals surface area (Å²) in [7, 11) is 16.2. The lowest BCUT2D eigenvalue weighted by Gasteiger charge is -2.39. The van der Waals surface area contributed by atoms with E-state index in [1.807, 2.05) is 13.8 Å². The Hall–Kier alpha value is -3.25. The van der Waals surface area contributed by atoms with E-state index in [4.69, 9.17) is 23.5 Å². The lowest BCUT2D eigenvalue weighted by Crippen LogP contribution is -2.57. The smallest absolute Gasteiger partial charge is 0.353 e. The van der Waals surface area contributed by atoms with Crippen LogP contribution in [0.25, 0.3) is 0 Å².